The maximum Gasteiger partial charge on any atom is 2.00 e. The number of hydrogen-bond acceptors (Lipinski definition) is 42. The second-order valence-corrected chi connectivity index (χ2v) is 30.8. The van der Waals surface area contributed by atoms with Gasteiger partial charge in [-0.05, 0) is 146 Å². The summed E-state index contributed by atoms with van der Waals surface area (Å²) in [4.78, 5) is 165. The first-order valence-electron chi connectivity index (χ1n) is 40.3. The van der Waals surface area contributed by atoms with Gasteiger partial charge in [0, 0.05) is 250 Å². The fourth-order valence-corrected chi connectivity index (χ4v) is 11.5. The van der Waals surface area contributed by atoms with Crippen molar-refractivity contribution in [1.29, 1.82) is 0 Å². The summed E-state index contributed by atoms with van der Waals surface area (Å²) in [6.07, 6.45) is 29.8. The van der Waals surface area contributed by atoms with E-state index < -0.39 is 98.8 Å². The molecule has 2 aliphatic carbocycles. The zero-order valence-electron chi connectivity index (χ0n) is 75.3. The molecule has 0 aromatic carbocycles. The largest absolute Gasteiger partial charge is 2.00 e. The number of hydrogen-bond donors (Lipinski definition) is 0. The molecular weight excluding hydrogens is 2180 g/mol. The minimum Gasteiger partial charge on any atom is -0.412 e. The van der Waals surface area contributed by atoms with Crippen LogP contribution in [0.3, 0.4) is 0 Å². The Morgan fingerprint density at radius 3 is 0.319 bits per heavy atom. The van der Waals surface area contributed by atoms with Crippen LogP contribution in [0.4, 0.5) is 0 Å². The van der Waals surface area contributed by atoms with Crippen LogP contribution in [0.1, 0.15) is 68.3 Å². The summed E-state index contributed by atoms with van der Waals surface area (Å²) in [5.41, 5.74) is 13.4. The Labute approximate surface area is 875 Å². The van der Waals surface area contributed by atoms with E-state index >= 15 is 0 Å². The van der Waals surface area contributed by atoms with Crippen molar-refractivity contribution in [3.8, 4) is 0 Å². The summed E-state index contributed by atoms with van der Waals surface area (Å²) >= 11 is 0. The topological polar surface area (TPSA) is 833 Å². The van der Waals surface area contributed by atoms with Gasteiger partial charge in [-0.2, -0.15) is 0 Å². The van der Waals surface area contributed by atoms with Crippen molar-refractivity contribution in [2.75, 3.05) is 52.4 Å². The molecule has 12 aromatic rings. The van der Waals surface area contributed by atoms with Gasteiger partial charge in [-0.1, -0.05) is 72.8 Å². The number of ketones is 10. The summed E-state index contributed by atoms with van der Waals surface area (Å²) in [6, 6.07) is 72.9. The second-order valence-electron chi connectivity index (χ2n) is 27.8. The Bertz CT molecular complexity index is 4540. The molecule has 0 spiro atoms. The Morgan fingerprint density at radius 2 is 0.243 bits per heavy atom. The molecule has 12 aromatic heterocycles. The number of nitrogens with zero attached hydrogens (tertiary/aromatic N) is 16. The molecule has 0 saturated heterocycles. The molecule has 2 fully saturated rings. The average molecular weight is 2280 g/mol. The maximum absolute atomic E-state index is 10.2. The Morgan fingerprint density at radius 1 is 0.160 bits per heavy atom. The number of carbonyl (C=O) groups is 10. The molecule has 0 bridgehead atoms. The summed E-state index contributed by atoms with van der Waals surface area (Å²) in [5.74, 6) is -15.2. The molecule has 0 amide bonds. The van der Waals surface area contributed by atoms with Gasteiger partial charge in [0.15, 0.2) is 0 Å². The number of halogens is 4. The third-order valence-electron chi connectivity index (χ3n) is 17.8. The molecule has 0 aliphatic heterocycles. The molecule has 0 atom stereocenters. The van der Waals surface area contributed by atoms with E-state index in [1.165, 1.54) is 0 Å². The Balaban J connectivity index is -0.000000792. The van der Waals surface area contributed by atoms with Crippen molar-refractivity contribution >= 4 is 57.8 Å². The summed E-state index contributed by atoms with van der Waals surface area (Å²) in [7, 11) is -19.8. The third-order valence-corrected chi connectivity index (χ3v) is 17.8. The molecule has 4 radical (unpaired) electrons. The van der Waals surface area contributed by atoms with E-state index in [1.807, 2.05) is 220 Å². The van der Waals surface area contributed by atoms with Gasteiger partial charge in [0.2, 0.25) is 0 Å². The van der Waals surface area contributed by atoms with Crippen LogP contribution in [0, 0.1) is 41.0 Å². The van der Waals surface area contributed by atoms with E-state index in [0.29, 0.717) is 0 Å². The Hall–Kier alpha value is -11.2. The number of pyridine rings is 12. The zero-order valence-corrected chi connectivity index (χ0v) is 82.1. The van der Waals surface area contributed by atoms with Crippen LogP contribution in [0.25, 0.3) is 0 Å². The predicted octanol–water partition coefficient (Wildman–Crippen LogP) is -14.0. The third kappa shape index (κ3) is 67.4. The molecule has 8 N–H and O–H groups in total. The summed E-state index contributed by atoms with van der Waals surface area (Å²) in [6.45, 7) is 11.1. The van der Waals surface area contributed by atoms with Crippen LogP contribution in [0.2, 0.25) is 0 Å². The fourth-order valence-electron chi connectivity index (χ4n) is 11.5. The van der Waals surface area contributed by atoms with Crippen molar-refractivity contribution in [3.63, 3.8) is 0 Å². The SMILES string of the molecule is O.O.O.O.O=C1C(=O)C(=O)C(=O)C1=O.O=C1C(=O)C(=O)C(=O)C1=O.[Cu+2].[Cu+2].[Cu+2].[Cu+2].[O-][Cl+3]([O-])([O-])[O-].[O-][Cl+3]([O-])([O-])[O-].[O-][Cl+3]([O-])([O-])[O-].[O-][Cl+3]([O-])([O-])[O-].c1ccc(CCN(CCc2ccccn2)Cc2ccccn2)nc1.c1ccc(CCN(CCc2ccccn2)Cc2ccccn2)nc1.c1ccc(CCN(CCc2ccccn2)Cc2ccccn2)nc1.c1ccc(CCN(CCc2ccccn2)Cc2ccccn2)nc1. The van der Waals surface area contributed by atoms with Crippen LogP contribution in [0.15, 0.2) is 293 Å². The van der Waals surface area contributed by atoms with E-state index in [1.54, 1.807) is 0 Å². The van der Waals surface area contributed by atoms with Crippen molar-refractivity contribution in [2.45, 2.75) is 77.5 Å². The fraction of sp³-hybridized carbons (Fsp3) is 0.222. The Kier molecular flexibility index (Phi) is 74.6. The number of Topliss-reactive ketones (excluding diaryl/α,β-unsaturated/α-hetero) is 10. The monoisotopic (exact) mass is 2270 g/mol. The van der Waals surface area contributed by atoms with E-state index in [0.717, 1.165) is 198 Å². The summed E-state index contributed by atoms with van der Waals surface area (Å²) < 4.78 is 136. The molecule has 2 saturated carbocycles. The van der Waals surface area contributed by atoms with Crippen LogP contribution < -0.4 is 74.5 Å². The van der Waals surface area contributed by atoms with E-state index in [4.69, 9.17) is 74.5 Å². The molecule has 784 valence electrons. The van der Waals surface area contributed by atoms with E-state index in [-0.39, 0.29) is 90.2 Å². The molecule has 12 heterocycles. The van der Waals surface area contributed by atoms with Gasteiger partial charge in [-0.15, -0.1) is 41.0 Å². The van der Waals surface area contributed by atoms with E-state index in [2.05, 4.69) is 152 Å². The molecule has 2 aliphatic rings. The summed E-state index contributed by atoms with van der Waals surface area (Å²) in [5, 5.41) is 0. The van der Waals surface area contributed by atoms with Crippen molar-refractivity contribution in [3.05, 3.63) is 361 Å². The first kappa shape index (κ1) is 139. The molecular formula is C90H96Cl4Cu4N16O30+4. The second kappa shape index (κ2) is 77.3. The van der Waals surface area contributed by atoms with Gasteiger partial charge >= 0.3 is 68.3 Å². The van der Waals surface area contributed by atoms with E-state index in [9.17, 15) is 47.9 Å². The standard InChI is InChI=1S/4C20H22N4.2C5O5.4ClHO4.4Cu.4H2O/c4*1-4-12-21-18(7-1)10-15-24(17-20-9-3-6-14-23-20)16-11-19-8-2-5-13-22-19;2*6-1-2(7)4(9)5(10)3(1)8;4*2-1(3,4)5;;;;;;;;/h4*1-9,12-14H,10-11,15-17H2;;;4*(H,2,3,4,5);;;;;4*1H2/q;;;;;;;;;;4*+2;;;;/p-4. The quantitative estimate of drug-likeness (QED) is 0.0279. The normalized spacial score (nSPS) is 11.6. The molecule has 0 unspecified atom stereocenters. The van der Waals surface area contributed by atoms with Crippen LogP contribution in [-0.2, 0) is 194 Å². The molecule has 144 heavy (non-hydrogen) atoms. The number of carbonyl (C=O) groups excluding carboxylic acids is 10. The molecule has 46 nitrogen and oxygen atoms in total. The minimum absolute atomic E-state index is 0. The number of aromatic nitrogens is 12. The van der Waals surface area contributed by atoms with Gasteiger partial charge in [0.1, 0.15) is 0 Å². The molecule has 14 rings (SSSR count). The van der Waals surface area contributed by atoms with Crippen LogP contribution in [-0.4, -0.2) is 212 Å². The molecule has 54 heteroatoms. The van der Waals surface area contributed by atoms with Gasteiger partial charge in [-0.3, -0.25) is 127 Å². The predicted molar refractivity (Wildman–Crippen MR) is 446 cm³/mol. The van der Waals surface area contributed by atoms with Gasteiger partial charge in [-0.25, -0.2) is 74.5 Å². The van der Waals surface area contributed by atoms with Crippen LogP contribution >= 0.6 is 0 Å². The first-order valence-corrected chi connectivity index (χ1v) is 45.2. The first-order chi connectivity index (χ1) is 64.7. The zero-order chi connectivity index (χ0) is 99.6. The van der Waals surface area contributed by atoms with Crippen molar-refractivity contribution < 1.29 is 254 Å². The van der Waals surface area contributed by atoms with Crippen molar-refractivity contribution in [2.24, 2.45) is 0 Å². The maximum atomic E-state index is 10.2. The van der Waals surface area contributed by atoms with Gasteiger partial charge < -0.3 is 21.9 Å². The van der Waals surface area contributed by atoms with Crippen LogP contribution in [0.5, 0.6) is 0 Å². The smallest absolute Gasteiger partial charge is 0.412 e. The minimum atomic E-state index is -4.94. The number of rotatable bonds is 32. The van der Waals surface area contributed by atoms with Gasteiger partial charge in [0.05, 0.1) is 22.8 Å². The van der Waals surface area contributed by atoms with Gasteiger partial charge in [0.25, 0.3) is 57.8 Å². The average Bonchev–Trinajstić information content (AvgIpc) is 1.68. The van der Waals surface area contributed by atoms with Crippen molar-refractivity contribution in [1.82, 2.24) is 79.4 Å².